The first-order chi connectivity index (χ1) is 11.9. The van der Waals surface area contributed by atoms with Crippen LogP contribution in [0.25, 0.3) is 0 Å². The zero-order valence-corrected chi connectivity index (χ0v) is 11.5. The van der Waals surface area contributed by atoms with Crippen LogP contribution in [0.5, 0.6) is 0 Å². The van der Waals surface area contributed by atoms with Crippen LogP contribution in [0.15, 0.2) is 6.33 Å². The van der Waals surface area contributed by atoms with Crippen LogP contribution in [0.1, 0.15) is 11.6 Å². The molecule has 1 aromatic heterocycles. The topological polar surface area (TPSA) is 298 Å². The number of hydrogen-bond donors (Lipinski definition) is 0. The Balaban J connectivity index is 3.95. The van der Waals surface area contributed by atoms with Crippen LogP contribution in [-0.2, 0) is 11.6 Å². The van der Waals surface area contributed by atoms with Crippen molar-refractivity contribution in [2.75, 3.05) is 0 Å². The molecule has 21 heteroatoms. The predicted octanol–water partition coefficient (Wildman–Crippen LogP) is -2.25. The first-order valence-corrected chi connectivity index (χ1v) is 5.44. The van der Waals surface area contributed by atoms with Gasteiger partial charge in [0.25, 0.3) is 0 Å². The van der Waals surface area contributed by atoms with Gasteiger partial charge in [0.05, 0.1) is 0 Å². The van der Waals surface area contributed by atoms with E-state index in [1.54, 1.807) is 0 Å². The van der Waals surface area contributed by atoms with Crippen molar-refractivity contribution in [1.29, 1.82) is 0 Å². The van der Waals surface area contributed by atoms with E-state index >= 15 is 0 Å². The van der Waals surface area contributed by atoms with Crippen LogP contribution in [-0.4, -0.2) is 44.5 Å². The molecule has 0 aliphatic rings. The summed E-state index contributed by atoms with van der Waals surface area (Å²) in [5.74, 6) is -13.2. The zero-order chi connectivity index (χ0) is 20.4. The van der Waals surface area contributed by atoms with Crippen LogP contribution in [0.4, 0.5) is 0 Å². The molecule has 0 aliphatic carbocycles. The summed E-state index contributed by atoms with van der Waals surface area (Å²) >= 11 is 0. The Morgan fingerprint density at radius 1 is 0.577 bits per heavy atom. The summed E-state index contributed by atoms with van der Waals surface area (Å²) < 4.78 is 0. The quantitative estimate of drug-likeness (QED) is 0.261. The maximum absolute atomic E-state index is 10.9. The van der Waals surface area contributed by atoms with Gasteiger partial charge < -0.3 is 0 Å². The average Bonchev–Trinajstić information content (AvgIpc) is 2.46. The molecule has 138 valence electrons. The Hall–Kier alpha value is -4.59. The molecule has 0 atom stereocenters. The Bertz CT molecular complexity index is 712. The first kappa shape index (κ1) is 19.5. The minimum Gasteiger partial charge on any atom is -0.252 e. The summed E-state index contributed by atoms with van der Waals surface area (Å²) in [6.07, 6.45) is -0.0613. The molecule has 26 heavy (non-hydrogen) atoms. The molecule has 21 nitrogen and oxygen atoms in total. The second-order valence-electron chi connectivity index (χ2n) is 3.95. The zero-order valence-electron chi connectivity index (χ0n) is 11.5. The van der Waals surface area contributed by atoms with Gasteiger partial charge in [0, 0.05) is 0 Å². The lowest BCUT2D eigenvalue weighted by Gasteiger charge is -2.09. The van der Waals surface area contributed by atoms with Crippen molar-refractivity contribution in [3.8, 4) is 0 Å². The fraction of sp³-hybridized carbons (Fsp3) is 0.400. The number of aromatic nitrogens is 3. The highest BCUT2D eigenvalue weighted by atomic mass is 16.7. The Labute approximate surface area is 136 Å². The molecule has 1 aromatic rings. The Kier molecular flexibility index (Phi) is 4.59. The van der Waals surface area contributed by atoms with E-state index in [0.29, 0.717) is 0 Å². The van der Waals surface area contributed by atoms with Crippen LogP contribution in [0.3, 0.4) is 0 Å². The lowest BCUT2D eigenvalue weighted by molar-refractivity contribution is -0.989. The van der Waals surface area contributed by atoms with E-state index in [1.807, 2.05) is 0 Å². The Morgan fingerprint density at radius 2 is 0.808 bits per heavy atom. The van der Waals surface area contributed by atoms with E-state index in [1.165, 1.54) is 0 Å². The van der Waals surface area contributed by atoms with Gasteiger partial charge >= 0.3 is 23.2 Å². The molecule has 0 aliphatic heterocycles. The molecule has 0 spiro atoms. The average molecular weight is 379 g/mol. The SMILES string of the molecule is O=[N+]([O-])C(c1ncnc(C([N+](=O)[O-])([N+](=O)[O-])[N+](=O)[O-])n1)([N+](=O)[O-])[N+](=O)[O-]. The minimum absolute atomic E-state index is 0.0613. The maximum atomic E-state index is 10.9. The van der Waals surface area contributed by atoms with Gasteiger partial charge in [-0.3, -0.25) is 60.7 Å². The van der Waals surface area contributed by atoms with E-state index < -0.39 is 52.8 Å². The van der Waals surface area contributed by atoms with Crippen molar-refractivity contribution in [2.24, 2.45) is 0 Å². The normalized spacial score (nSPS) is 11.4. The first-order valence-electron chi connectivity index (χ1n) is 5.44. The molecule has 0 unspecified atom stereocenters. The smallest absolute Gasteiger partial charge is 0.252 e. The largest absolute Gasteiger partial charge is 0.763 e. The number of rotatable bonds is 8. The van der Waals surface area contributed by atoms with Gasteiger partial charge in [-0.25, -0.2) is 0 Å². The van der Waals surface area contributed by atoms with Crippen molar-refractivity contribution in [2.45, 2.75) is 11.6 Å². The van der Waals surface area contributed by atoms with E-state index in [0.717, 1.165) is 0 Å². The third-order valence-electron chi connectivity index (χ3n) is 2.70. The van der Waals surface area contributed by atoms with Gasteiger partial charge in [-0.05, 0) is 0 Å². The van der Waals surface area contributed by atoms with Crippen molar-refractivity contribution in [3.05, 3.63) is 78.7 Å². The van der Waals surface area contributed by atoms with Gasteiger partial charge in [-0.15, -0.1) is 0 Å². The second kappa shape index (κ2) is 6.13. The minimum atomic E-state index is -4.55. The molecule has 1 heterocycles. The predicted molar refractivity (Wildman–Crippen MR) is 65.1 cm³/mol. The molecule has 0 amide bonds. The molecule has 0 N–H and O–H groups in total. The molecule has 0 saturated heterocycles. The van der Waals surface area contributed by atoms with Crippen LogP contribution < -0.4 is 0 Å². The molecular weight excluding hydrogens is 378 g/mol. The maximum Gasteiger partial charge on any atom is 0.763 e. The van der Waals surface area contributed by atoms with E-state index in [-0.39, 0.29) is 6.33 Å². The molecule has 1 rings (SSSR count). The molecule has 0 bridgehead atoms. The summed E-state index contributed by atoms with van der Waals surface area (Å²) in [6.45, 7) is 0. The van der Waals surface area contributed by atoms with E-state index in [4.69, 9.17) is 0 Å². The van der Waals surface area contributed by atoms with Gasteiger partial charge in [0.1, 0.15) is 6.33 Å². The van der Waals surface area contributed by atoms with Crippen molar-refractivity contribution < 1.29 is 29.5 Å². The molecule has 0 radical (unpaired) electrons. The van der Waals surface area contributed by atoms with Crippen molar-refractivity contribution in [1.82, 2.24) is 15.0 Å². The highest BCUT2D eigenvalue weighted by molar-refractivity contribution is 4.97. The van der Waals surface area contributed by atoms with Crippen LogP contribution in [0.2, 0.25) is 0 Å². The fourth-order valence-electron chi connectivity index (χ4n) is 1.51. The lowest BCUT2D eigenvalue weighted by atomic mass is 10.3. The van der Waals surface area contributed by atoms with Gasteiger partial charge in [0.15, 0.2) is 29.5 Å². The molecule has 0 fully saturated rings. The fourth-order valence-corrected chi connectivity index (χ4v) is 1.51. The summed E-state index contributed by atoms with van der Waals surface area (Å²) in [4.78, 5) is 60.7. The van der Waals surface area contributed by atoms with E-state index in [2.05, 4.69) is 15.0 Å². The Morgan fingerprint density at radius 3 is 1.00 bits per heavy atom. The number of nitro groups is 6. The molecule has 0 aromatic carbocycles. The van der Waals surface area contributed by atoms with Crippen LogP contribution >= 0.6 is 0 Å². The number of hydrogen-bond acceptors (Lipinski definition) is 15. The highest BCUT2D eigenvalue weighted by Gasteiger charge is 2.79. The number of nitrogens with zero attached hydrogens (tertiary/aromatic N) is 9. The standard InChI is InChI=1S/C5HN9O12/c15-9(16)4(10(17)18,11(19)20)2-6-1-7-3(8-2)5(12(21)22,13(23)24)14(25)26/h1H. The molecular formula is C5HN9O12. The molecule has 0 saturated carbocycles. The summed E-state index contributed by atoms with van der Waals surface area (Å²) in [5.41, 5.74) is 0. The monoisotopic (exact) mass is 379 g/mol. The van der Waals surface area contributed by atoms with Crippen LogP contribution in [0, 0.1) is 60.7 Å². The lowest BCUT2D eigenvalue weighted by Crippen LogP contribution is -2.54. The van der Waals surface area contributed by atoms with Crippen molar-refractivity contribution in [3.63, 3.8) is 0 Å². The second-order valence-corrected chi connectivity index (χ2v) is 3.95. The third kappa shape index (κ3) is 2.31. The summed E-state index contributed by atoms with van der Waals surface area (Å²) in [6, 6.07) is 0. The van der Waals surface area contributed by atoms with Gasteiger partial charge in [-0.2, -0.15) is 15.0 Å². The van der Waals surface area contributed by atoms with E-state index in [9.17, 15) is 60.7 Å². The van der Waals surface area contributed by atoms with Gasteiger partial charge in [0.2, 0.25) is 0 Å². The highest BCUT2D eigenvalue weighted by Crippen LogP contribution is 2.27. The van der Waals surface area contributed by atoms with Crippen molar-refractivity contribution >= 4 is 0 Å². The third-order valence-corrected chi connectivity index (χ3v) is 2.70. The summed E-state index contributed by atoms with van der Waals surface area (Å²) in [5, 5.41) is 65.3. The summed E-state index contributed by atoms with van der Waals surface area (Å²) in [7, 11) is 0. The van der Waals surface area contributed by atoms with Gasteiger partial charge in [-0.1, -0.05) is 0 Å².